The minimum absolute atomic E-state index is 0.0406. The molecule has 0 bridgehead atoms. The Labute approximate surface area is 165 Å². The van der Waals surface area contributed by atoms with Crippen molar-refractivity contribution < 1.29 is 19.1 Å². The Morgan fingerprint density at radius 1 is 1.00 bits per heavy atom. The van der Waals surface area contributed by atoms with Crippen LogP contribution in [0.5, 0.6) is 0 Å². The van der Waals surface area contributed by atoms with Gasteiger partial charge in [-0.15, -0.1) is 0 Å². The largest absolute Gasteiger partial charge is 0.457 e. The summed E-state index contributed by atoms with van der Waals surface area (Å²) in [5.41, 5.74) is 1.60. The van der Waals surface area contributed by atoms with E-state index in [1.807, 2.05) is 30.3 Å². The van der Waals surface area contributed by atoms with Crippen LogP contribution >= 0.6 is 0 Å². The third-order valence-electron chi connectivity index (χ3n) is 3.68. The highest BCUT2D eigenvalue weighted by Gasteiger charge is 2.14. The van der Waals surface area contributed by atoms with Gasteiger partial charge in [-0.05, 0) is 38.0 Å². The summed E-state index contributed by atoms with van der Waals surface area (Å²) in [4.78, 5) is 35.9. The quantitative estimate of drug-likeness (QED) is 0.453. The molecule has 0 aliphatic rings. The van der Waals surface area contributed by atoms with Crippen molar-refractivity contribution in [3.8, 4) is 0 Å². The maximum Gasteiger partial charge on any atom is 0.331 e. The standard InChI is InChI=1S/C23H25NO4/c1-23(2,3)28-22(27)13-12-17-8-7-9-18(14-17)15-21(26)24-16-20(25)19-10-5-4-6-11-19/h4-14H,15-16H2,1-3H3,(H,24,26)/b13-12+. The molecule has 2 aromatic rings. The van der Waals surface area contributed by atoms with Gasteiger partial charge in [-0.1, -0.05) is 54.6 Å². The minimum Gasteiger partial charge on any atom is -0.457 e. The highest BCUT2D eigenvalue weighted by atomic mass is 16.6. The number of ketones is 1. The molecule has 0 saturated carbocycles. The fourth-order valence-corrected chi connectivity index (χ4v) is 2.46. The van der Waals surface area contributed by atoms with Crippen LogP contribution < -0.4 is 5.32 Å². The molecule has 0 unspecified atom stereocenters. The van der Waals surface area contributed by atoms with Gasteiger partial charge in [0.1, 0.15) is 5.60 Å². The van der Waals surface area contributed by atoms with Crippen molar-refractivity contribution in [2.24, 2.45) is 0 Å². The van der Waals surface area contributed by atoms with Crippen molar-refractivity contribution in [2.45, 2.75) is 32.8 Å². The molecule has 0 radical (unpaired) electrons. The second kappa shape index (κ2) is 9.65. The zero-order valence-corrected chi connectivity index (χ0v) is 16.4. The molecular formula is C23H25NO4. The van der Waals surface area contributed by atoms with Gasteiger partial charge in [0, 0.05) is 11.6 Å². The number of hydrogen-bond donors (Lipinski definition) is 1. The number of rotatable bonds is 7. The third kappa shape index (κ3) is 7.58. The van der Waals surface area contributed by atoms with E-state index in [0.29, 0.717) is 5.56 Å². The Hall–Kier alpha value is -3.21. The maximum absolute atomic E-state index is 12.1. The lowest BCUT2D eigenvalue weighted by molar-refractivity contribution is -0.148. The fraction of sp³-hybridized carbons (Fsp3) is 0.261. The van der Waals surface area contributed by atoms with Crippen LogP contribution in [0.25, 0.3) is 6.08 Å². The molecule has 146 valence electrons. The van der Waals surface area contributed by atoms with Crippen molar-refractivity contribution in [3.63, 3.8) is 0 Å². The van der Waals surface area contributed by atoms with E-state index in [1.54, 1.807) is 51.1 Å². The van der Waals surface area contributed by atoms with Gasteiger partial charge >= 0.3 is 5.97 Å². The molecule has 2 rings (SSSR count). The molecule has 0 saturated heterocycles. The summed E-state index contributed by atoms with van der Waals surface area (Å²) in [5, 5.41) is 2.64. The lowest BCUT2D eigenvalue weighted by Crippen LogP contribution is -2.30. The summed E-state index contributed by atoms with van der Waals surface area (Å²) in [7, 11) is 0. The van der Waals surface area contributed by atoms with Crippen molar-refractivity contribution >= 4 is 23.7 Å². The topological polar surface area (TPSA) is 72.5 Å². The van der Waals surface area contributed by atoms with Gasteiger partial charge in [0.15, 0.2) is 5.78 Å². The van der Waals surface area contributed by atoms with E-state index >= 15 is 0 Å². The Balaban J connectivity index is 1.88. The van der Waals surface area contributed by atoms with E-state index in [0.717, 1.165) is 11.1 Å². The number of benzene rings is 2. The number of nitrogens with one attached hydrogen (secondary N) is 1. The molecule has 1 N–H and O–H groups in total. The van der Waals surface area contributed by atoms with E-state index in [1.165, 1.54) is 6.08 Å². The van der Waals surface area contributed by atoms with Crippen molar-refractivity contribution in [1.82, 2.24) is 5.32 Å². The van der Waals surface area contributed by atoms with Gasteiger partial charge in [-0.3, -0.25) is 9.59 Å². The lowest BCUT2D eigenvalue weighted by atomic mass is 10.1. The second-order valence-corrected chi connectivity index (χ2v) is 7.35. The van der Waals surface area contributed by atoms with E-state index in [4.69, 9.17) is 4.74 Å². The third-order valence-corrected chi connectivity index (χ3v) is 3.68. The Morgan fingerprint density at radius 2 is 1.71 bits per heavy atom. The number of esters is 1. The van der Waals surface area contributed by atoms with Crippen LogP contribution in [0.3, 0.4) is 0 Å². The highest BCUT2D eigenvalue weighted by molar-refractivity contribution is 5.99. The predicted molar refractivity (Wildman–Crippen MR) is 109 cm³/mol. The summed E-state index contributed by atoms with van der Waals surface area (Å²) < 4.78 is 5.22. The first-order chi connectivity index (χ1) is 13.2. The summed E-state index contributed by atoms with van der Waals surface area (Å²) in [5.74, 6) is -0.796. The SMILES string of the molecule is CC(C)(C)OC(=O)/C=C/c1cccc(CC(=O)NCC(=O)c2ccccc2)c1. The van der Waals surface area contributed by atoms with Gasteiger partial charge in [-0.25, -0.2) is 4.79 Å². The Morgan fingerprint density at radius 3 is 2.39 bits per heavy atom. The van der Waals surface area contributed by atoms with Crippen molar-refractivity contribution in [3.05, 3.63) is 77.4 Å². The lowest BCUT2D eigenvalue weighted by Gasteiger charge is -2.17. The van der Waals surface area contributed by atoms with E-state index < -0.39 is 11.6 Å². The first kappa shape index (κ1) is 21.1. The average Bonchev–Trinajstić information content (AvgIpc) is 2.64. The van der Waals surface area contributed by atoms with Crippen LogP contribution in [0, 0.1) is 0 Å². The van der Waals surface area contributed by atoms with Gasteiger partial charge in [0.2, 0.25) is 5.91 Å². The molecule has 0 fully saturated rings. The molecule has 5 nitrogen and oxygen atoms in total. The van der Waals surface area contributed by atoms with Crippen LogP contribution in [0.1, 0.15) is 42.3 Å². The number of ether oxygens (including phenoxy) is 1. The number of amides is 1. The minimum atomic E-state index is -0.543. The molecule has 0 heterocycles. The molecule has 1 amide bonds. The predicted octanol–water partition coefficient (Wildman–Crippen LogP) is 3.58. The van der Waals surface area contributed by atoms with E-state index in [2.05, 4.69) is 5.32 Å². The average molecular weight is 379 g/mol. The molecule has 0 aliphatic heterocycles. The van der Waals surface area contributed by atoms with Crippen LogP contribution in [0.2, 0.25) is 0 Å². The van der Waals surface area contributed by atoms with E-state index in [9.17, 15) is 14.4 Å². The summed E-state index contributed by atoms with van der Waals surface area (Å²) in [6.07, 6.45) is 3.16. The molecule has 0 spiro atoms. The van der Waals surface area contributed by atoms with Crippen molar-refractivity contribution in [1.29, 1.82) is 0 Å². The maximum atomic E-state index is 12.1. The van der Waals surface area contributed by atoms with Crippen LogP contribution in [-0.2, 0) is 20.7 Å². The first-order valence-electron chi connectivity index (χ1n) is 9.08. The van der Waals surface area contributed by atoms with E-state index in [-0.39, 0.29) is 24.7 Å². The second-order valence-electron chi connectivity index (χ2n) is 7.35. The van der Waals surface area contributed by atoms with Gasteiger partial charge in [-0.2, -0.15) is 0 Å². The highest BCUT2D eigenvalue weighted by Crippen LogP contribution is 2.11. The number of carbonyl (C=O) groups excluding carboxylic acids is 3. The van der Waals surface area contributed by atoms with Gasteiger partial charge in [0.05, 0.1) is 13.0 Å². The number of Topliss-reactive ketones (excluding diaryl/α,β-unsaturated/α-hetero) is 1. The number of hydrogen-bond acceptors (Lipinski definition) is 4. The normalized spacial score (nSPS) is 11.2. The first-order valence-corrected chi connectivity index (χ1v) is 9.08. The smallest absolute Gasteiger partial charge is 0.331 e. The molecule has 0 aliphatic carbocycles. The molecule has 28 heavy (non-hydrogen) atoms. The van der Waals surface area contributed by atoms with Crippen LogP contribution in [0.15, 0.2) is 60.7 Å². The molecule has 0 aromatic heterocycles. The Kier molecular flexibility index (Phi) is 7.27. The summed E-state index contributed by atoms with van der Waals surface area (Å²) in [6, 6.07) is 16.1. The summed E-state index contributed by atoms with van der Waals surface area (Å²) in [6.45, 7) is 5.38. The molecular weight excluding hydrogens is 354 g/mol. The van der Waals surface area contributed by atoms with Crippen molar-refractivity contribution in [2.75, 3.05) is 6.54 Å². The monoisotopic (exact) mass is 379 g/mol. The Bertz CT molecular complexity index is 864. The summed E-state index contributed by atoms with van der Waals surface area (Å²) >= 11 is 0. The van der Waals surface area contributed by atoms with Gasteiger partial charge in [0.25, 0.3) is 0 Å². The zero-order chi connectivity index (χ0) is 20.6. The van der Waals surface area contributed by atoms with Crippen LogP contribution in [-0.4, -0.2) is 29.8 Å². The molecule has 2 aromatic carbocycles. The number of carbonyl (C=O) groups is 3. The van der Waals surface area contributed by atoms with Gasteiger partial charge < -0.3 is 10.1 Å². The van der Waals surface area contributed by atoms with Crippen LogP contribution in [0.4, 0.5) is 0 Å². The molecule has 5 heteroatoms. The fourth-order valence-electron chi connectivity index (χ4n) is 2.46. The molecule has 0 atom stereocenters. The zero-order valence-electron chi connectivity index (χ0n) is 16.4.